The summed E-state index contributed by atoms with van der Waals surface area (Å²) >= 11 is 0. The lowest BCUT2D eigenvalue weighted by Gasteiger charge is -2.23. The zero-order valence-electron chi connectivity index (χ0n) is 13.6. The highest BCUT2D eigenvalue weighted by Crippen LogP contribution is 2.27. The van der Waals surface area contributed by atoms with Crippen molar-refractivity contribution < 1.29 is 4.74 Å². The molecule has 0 spiro atoms. The third-order valence-electron chi connectivity index (χ3n) is 4.20. The van der Waals surface area contributed by atoms with Crippen molar-refractivity contribution in [2.75, 3.05) is 26.8 Å². The maximum Gasteiger partial charge on any atom is 0.0587 e. The van der Waals surface area contributed by atoms with Gasteiger partial charge in [0.15, 0.2) is 0 Å². The van der Waals surface area contributed by atoms with E-state index in [1.54, 1.807) is 7.11 Å². The Morgan fingerprint density at radius 3 is 2.30 bits per heavy atom. The van der Waals surface area contributed by atoms with Gasteiger partial charge in [-0.25, -0.2) is 0 Å². The molecule has 0 heterocycles. The minimum absolute atomic E-state index is 0.609. The number of ether oxygens (including phenoxy) is 1. The van der Waals surface area contributed by atoms with Crippen LogP contribution in [0.1, 0.15) is 50.2 Å². The van der Waals surface area contributed by atoms with Crippen LogP contribution in [-0.4, -0.2) is 26.8 Å². The minimum atomic E-state index is 0.609. The van der Waals surface area contributed by atoms with Crippen molar-refractivity contribution >= 4 is 0 Å². The van der Waals surface area contributed by atoms with Crippen molar-refractivity contribution in [3.8, 4) is 0 Å². The topological polar surface area (TPSA) is 21.3 Å². The van der Waals surface area contributed by atoms with E-state index < -0.39 is 0 Å². The maximum absolute atomic E-state index is 5.11. The molecular formula is C18H31NO. The fraction of sp³-hybridized carbons (Fsp3) is 0.667. The molecule has 0 aliphatic heterocycles. The first-order chi connectivity index (χ1) is 9.71. The summed E-state index contributed by atoms with van der Waals surface area (Å²) in [5.41, 5.74) is 2.80. The third kappa shape index (κ3) is 6.06. The first kappa shape index (κ1) is 17.2. The van der Waals surface area contributed by atoms with Crippen LogP contribution in [0.25, 0.3) is 0 Å². The Balaban J connectivity index is 2.64. The molecule has 0 saturated heterocycles. The second-order valence-electron chi connectivity index (χ2n) is 5.72. The third-order valence-corrected chi connectivity index (χ3v) is 4.20. The second-order valence-corrected chi connectivity index (χ2v) is 5.72. The van der Waals surface area contributed by atoms with Crippen LogP contribution in [0.4, 0.5) is 0 Å². The molecule has 1 atom stereocenters. The molecule has 0 amide bonds. The van der Waals surface area contributed by atoms with Crippen LogP contribution in [0.5, 0.6) is 0 Å². The molecule has 0 aliphatic carbocycles. The van der Waals surface area contributed by atoms with Crippen molar-refractivity contribution in [3.05, 3.63) is 35.4 Å². The first-order valence-corrected chi connectivity index (χ1v) is 7.97. The summed E-state index contributed by atoms with van der Waals surface area (Å²) in [6.45, 7) is 9.52. The van der Waals surface area contributed by atoms with Crippen LogP contribution in [0, 0.1) is 12.8 Å². The van der Waals surface area contributed by atoms with Gasteiger partial charge in [0.2, 0.25) is 0 Å². The monoisotopic (exact) mass is 277 g/mol. The highest BCUT2D eigenvalue weighted by molar-refractivity contribution is 5.24. The molecule has 1 aromatic rings. The van der Waals surface area contributed by atoms with Crippen molar-refractivity contribution in [2.24, 2.45) is 5.92 Å². The van der Waals surface area contributed by atoms with Gasteiger partial charge in [0.1, 0.15) is 0 Å². The smallest absolute Gasteiger partial charge is 0.0587 e. The van der Waals surface area contributed by atoms with Gasteiger partial charge in [0.05, 0.1) is 6.61 Å². The van der Waals surface area contributed by atoms with E-state index in [2.05, 4.69) is 50.4 Å². The van der Waals surface area contributed by atoms with E-state index in [1.165, 1.54) is 30.4 Å². The molecule has 0 aromatic heterocycles. The molecule has 1 rings (SSSR count). The SMILES string of the molecule is CCC(CC)CC(CNCCOC)c1ccc(C)cc1. The Labute approximate surface area is 124 Å². The van der Waals surface area contributed by atoms with Crippen molar-refractivity contribution in [2.45, 2.75) is 46.0 Å². The van der Waals surface area contributed by atoms with Crippen molar-refractivity contribution in [3.63, 3.8) is 0 Å². The van der Waals surface area contributed by atoms with E-state index in [4.69, 9.17) is 4.74 Å². The molecule has 1 unspecified atom stereocenters. The number of methoxy groups -OCH3 is 1. The van der Waals surface area contributed by atoms with Gasteiger partial charge in [-0.05, 0) is 30.7 Å². The molecule has 2 nitrogen and oxygen atoms in total. The van der Waals surface area contributed by atoms with E-state index in [1.807, 2.05) is 0 Å². The molecule has 0 saturated carbocycles. The molecule has 0 bridgehead atoms. The lowest BCUT2D eigenvalue weighted by atomic mass is 9.86. The van der Waals surface area contributed by atoms with Gasteiger partial charge in [-0.1, -0.05) is 56.5 Å². The molecule has 2 heteroatoms. The Morgan fingerprint density at radius 1 is 1.10 bits per heavy atom. The van der Waals surface area contributed by atoms with Crippen LogP contribution in [-0.2, 0) is 4.74 Å². The summed E-state index contributed by atoms with van der Waals surface area (Å²) in [6, 6.07) is 9.04. The largest absolute Gasteiger partial charge is 0.383 e. The van der Waals surface area contributed by atoms with Gasteiger partial charge in [-0.15, -0.1) is 0 Å². The van der Waals surface area contributed by atoms with Crippen molar-refractivity contribution in [1.29, 1.82) is 0 Å². The van der Waals surface area contributed by atoms with Crippen LogP contribution in [0.2, 0.25) is 0 Å². The zero-order chi connectivity index (χ0) is 14.8. The summed E-state index contributed by atoms with van der Waals surface area (Å²) in [5, 5.41) is 3.53. The number of hydrogen-bond acceptors (Lipinski definition) is 2. The van der Waals surface area contributed by atoms with Crippen LogP contribution in [0.15, 0.2) is 24.3 Å². The number of aryl methyl sites for hydroxylation is 1. The fourth-order valence-electron chi connectivity index (χ4n) is 2.65. The number of rotatable bonds is 10. The molecule has 0 radical (unpaired) electrons. The second kappa shape index (κ2) is 9.95. The molecule has 0 aliphatic rings. The van der Waals surface area contributed by atoms with Crippen LogP contribution >= 0.6 is 0 Å². The lowest BCUT2D eigenvalue weighted by molar-refractivity contribution is 0.198. The summed E-state index contributed by atoms with van der Waals surface area (Å²) in [7, 11) is 1.75. The Kier molecular flexibility index (Phi) is 8.56. The van der Waals surface area contributed by atoms with E-state index >= 15 is 0 Å². The quantitative estimate of drug-likeness (QED) is 0.649. The maximum atomic E-state index is 5.11. The van der Waals surface area contributed by atoms with Gasteiger partial charge in [-0.3, -0.25) is 0 Å². The van der Waals surface area contributed by atoms with E-state index in [0.717, 1.165) is 25.6 Å². The molecule has 114 valence electrons. The van der Waals surface area contributed by atoms with Gasteiger partial charge in [0, 0.05) is 20.2 Å². The molecule has 1 N–H and O–H groups in total. The average molecular weight is 277 g/mol. The Morgan fingerprint density at radius 2 is 1.75 bits per heavy atom. The molecule has 1 aromatic carbocycles. The standard InChI is InChI=1S/C18H31NO/c1-5-16(6-2)13-18(14-19-11-12-20-4)17-9-7-15(3)8-10-17/h7-10,16,18-19H,5-6,11-14H2,1-4H3. The fourth-order valence-corrected chi connectivity index (χ4v) is 2.65. The van der Waals surface area contributed by atoms with Gasteiger partial charge >= 0.3 is 0 Å². The predicted octanol–water partition coefficient (Wildman–Crippen LogP) is 4.14. The molecular weight excluding hydrogens is 246 g/mol. The van der Waals surface area contributed by atoms with E-state index in [9.17, 15) is 0 Å². The van der Waals surface area contributed by atoms with Crippen LogP contribution < -0.4 is 5.32 Å². The highest BCUT2D eigenvalue weighted by atomic mass is 16.5. The van der Waals surface area contributed by atoms with Gasteiger partial charge in [-0.2, -0.15) is 0 Å². The summed E-state index contributed by atoms with van der Waals surface area (Å²) in [6.07, 6.45) is 3.82. The highest BCUT2D eigenvalue weighted by Gasteiger charge is 2.16. The lowest BCUT2D eigenvalue weighted by Crippen LogP contribution is -2.26. The van der Waals surface area contributed by atoms with Crippen LogP contribution in [0.3, 0.4) is 0 Å². The number of hydrogen-bond donors (Lipinski definition) is 1. The zero-order valence-corrected chi connectivity index (χ0v) is 13.6. The van der Waals surface area contributed by atoms with Gasteiger partial charge < -0.3 is 10.1 Å². The average Bonchev–Trinajstić information content (AvgIpc) is 2.48. The number of benzene rings is 1. The van der Waals surface area contributed by atoms with Crippen molar-refractivity contribution in [1.82, 2.24) is 5.32 Å². The summed E-state index contributed by atoms with van der Waals surface area (Å²) in [4.78, 5) is 0. The Hall–Kier alpha value is -0.860. The first-order valence-electron chi connectivity index (χ1n) is 7.97. The summed E-state index contributed by atoms with van der Waals surface area (Å²) < 4.78 is 5.11. The van der Waals surface area contributed by atoms with E-state index in [-0.39, 0.29) is 0 Å². The minimum Gasteiger partial charge on any atom is -0.383 e. The van der Waals surface area contributed by atoms with Gasteiger partial charge in [0.25, 0.3) is 0 Å². The summed E-state index contributed by atoms with van der Waals surface area (Å²) in [5.74, 6) is 1.43. The van der Waals surface area contributed by atoms with E-state index in [0.29, 0.717) is 5.92 Å². The molecule has 20 heavy (non-hydrogen) atoms. The Bertz CT molecular complexity index is 343. The predicted molar refractivity (Wildman–Crippen MR) is 87.4 cm³/mol. The number of nitrogens with one attached hydrogen (secondary N) is 1. The molecule has 0 fully saturated rings. The normalized spacial score (nSPS) is 12.8.